The quantitative estimate of drug-likeness (QED) is 0.855. The van der Waals surface area contributed by atoms with Gasteiger partial charge in [0.2, 0.25) is 5.91 Å². The molecule has 4 heteroatoms. The number of amides is 1. The fourth-order valence-electron chi connectivity index (χ4n) is 1.83. The van der Waals surface area contributed by atoms with Crippen LogP contribution in [-0.2, 0) is 9.53 Å². The van der Waals surface area contributed by atoms with Crippen LogP contribution in [0.3, 0.4) is 0 Å². The van der Waals surface area contributed by atoms with Crippen molar-refractivity contribution in [3.05, 3.63) is 29.8 Å². The molecular formula is C15H20N2O2. The normalized spacial score (nSPS) is 11.9. The zero-order valence-corrected chi connectivity index (χ0v) is 11.6. The predicted octanol–water partition coefficient (Wildman–Crippen LogP) is 2.95. The summed E-state index contributed by atoms with van der Waals surface area (Å²) in [5, 5.41) is 11.6. The number of ether oxygens (including phenoxy) is 1. The first-order chi connectivity index (χ1) is 9.02. The number of hydrogen-bond donors (Lipinski definition) is 1. The van der Waals surface area contributed by atoms with Crippen LogP contribution in [0.25, 0.3) is 0 Å². The first kappa shape index (κ1) is 15.2. The number of nitriles is 1. The van der Waals surface area contributed by atoms with Gasteiger partial charge >= 0.3 is 0 Å². The Morgan fingerprint density at radius 1 is 1.37 bits per heavy atom. The lowest BCUT2D eigenvalue weighted by atomic mass is 10.1. The Morgan fingerprint density at radius 2 is 2.05 bits per heavy atom. The first-order valence-electron chi connectivity index (χ1n) is 6.43. The van der Waals surface area contributed by atoms with Crippen molar-refractivity contribution >= 4 is 11.6 Å². The van der Waals surface area contributed by atoms with Crippen molar-refractivity contribution in [3.63, 3.8) is 0 Å². The van der Waals surface area contributed by atoms with Gasteiger partial charge in [-0.2, -0.15) is 5.26 Å². The van der Waals surface area contributed by atoms with E-state index in [1.807, 2.05) is 13.0 Å². The molecule has 1 amide bonds. The Balaban J connectivity index is 2.46. The van der Waals surface area contributed by atoms with E-state index in [0.717, 1.165) is 6.42 Å². The number of para-hydroxylation sites is 1. The average Bonchev–Trinajstić information content (AvgIpc) is 2.36. The molecule has 1 aromatic rings. The summed E-state index contributed by atoms with van der Waals surface area (Å²) in [5.41, 5.74) is 0.973. The number of rotatable bonds is 6. The molecule has 1 N–H and O–H groups in total. The van der Waals surface area contributed by atoms with E-state index in [-0.39, 0.29) is 18.6 Å². The Hall–Kier alpha value is -1.86. The average molecular weight is 260 g/mol. The largest absolute Gasteiger partial charge is 0.369 e. The van der Waals surface area contributed by atoms with E-state index in [9.17, 15) is 4.79 Å². The second-order valence-electron chi connectivity index (χ2n) is 4.96. The molecule has 0 radical (unpaired) electrons. The van der Waals surface area contributed by atoms with Gasteiger partial charge in [0.15, 0.2) is 0 Å². The molecule has 0 fully saturated rings. The van der Waals surface area contributed by atoms with Crippen LogP contribution >= 0.6 is 0 Å². The zero-order chi connectivity index (χ0) is 14.3. The van der Waals surface area contributed by atoms with Gasteiger partial charge in [-0.25, -0.2) is 0 Å². The van der Waals surface area contributed by atoms with E-state index in [2.05, 4.69) is 19.2 Å². The highest BCUT2D eigenvalue weighted by molar-refractivity contribution is 5.92. The lowest BCUT2D eigenvalue weighted by molar-refractivity contribution is -0.122. The highest BCUT2D eigenvalue weighted by Crippen LogP contribution is 2.13. The van der Waals surface area contributed by atoms with Gasteiger partial charge in [0.05, 0.1) is 17.4 Å². The van der Waals surface area contributed by atoms with E-state index >= 15 is 0 Å². The minimum absolute atomic E-state index is 0.00759. The van der Waals surface area contributed by atoms with E-state index in [4.69, 9.17) is 10.00 Å². The molecule has 1 rings (SSSR count). The third-order valence-electron chi connectivity index (χ3n) is 2.62. The lowest BCUT2D eigenvalue weighted by Gasteiger charge is -2.15. The monoisotopic (exact) mass is 260 g/mol. The molecule has 0 aliphatic heterocycles. The van der Waals surface area contributed by atoms with Crippen LogP contribution in [0.1, 0.15) is 32.8 Å². The standard InChI is InChI=1S/C15H20N2O2/c1-11(2)8-12(3)19-10-15(18)17-14-7-5-4-6-13(14)9-16/h4-7,11-12H,8,10H2,1-3H3,(H,17,18). The molecule has 0 spiro atoms. The molecule has 1 unspecified atom stereocenters. The van der Waals surface area contributed by atoms with E-state index in [1.165, 1.54) is 0 Å². The predicted molar refractivity (Wildman–Crippen MR) is 74.7 cm³/mol. The maximum absolute atomic E-state index is 11.7. The van der Waals surface area contributed by atoms with E-state index in [0.29, 0.717) is 17.2 Å². The van der Waals surface area contributed by atoms with Crippen LogP contribution in [-0.4, -0.2) is 18.6 Å². The van der Waals surface area contributed by atoms with Crippen molar-refractivity contribution in [2.24, 2.45) is 5.92 Å². The van der Waals surface area contributed by atoms with E-state index in [1.54, 1.807) is 24.3 Å². The molecule has 19 heavy (non-hydrogen) atoms. The van der Waals surface area contributed by atoms with Crippen molar-refractivity contribution in [3.8, 4) is 6.07 Å². The molecule has 102 valence electrons. The fourth-order valence-corrected chi connectivity index (χ4v) is 1.83. The van der Waals surface area contributed by atoms with Crippen molar-refractivity contribution in [2.45, 2.75) is 33.3 Å². The Morgan fingerprint density at radius 3 is 2.68 bits per heavy atom. The fraction of sp³-hybridized carbons (Fsp3) is 0.467. The Bertz CT molecular complexity index is 463. The van der Waals surface area contributed by atoms with Crippen molar-refractivity contribution < 1.29 is 9.53 Å². The molecule has 0 bridgehead atoms. The topological polar surface area (TPSA) is 62.1 Å². The van der Waals surface area contributed by atoms with Crippen LogP contribution in [0, 0.1) is 17.2 Å². The van der Waals surface area contributed by atoms with Crippen molar-refractivity contribution in [1.29, 1.82) is 5.26 Å². The summed E-state index contributed by atoms with van der Waals surface area (Å²) in [6.45, 7) is 6.19. The number of nitrogens with zero attached hydrogens (tertiary/aromatic N) is 1. The van der Waals surface area contributed by atoms with Crippen LogP contribution in [0.4, 0.5) is 5.69 Å². The number of carbonyl (C=O) groups is 1. The molecule has 1 aromatic carbocycles. The van der Waals surface area contributed by atoms with Gasteiger partial charge in [-0.15, -0.1) is 0 Å². The minimum atomic E-state index is -0.238. The third-order valence-corrected chi connectivity index (χ3v) is 2.62. The number of anilines is 1. The summed E-state index contributed by atoms with van der Waals surface area (Å²) in [7, 11) is 0. The third kappa shape index (κ3) is 5.54. The van der Waals surface area contributed by atoms with E-state index < -0.39 is 0 Å². The molecule has 0 aromatic heterocycles. The van der Waals surface area contributed by atoms with Gasteiger partial charge in [-0.1, -0.05) is 26.0 Å². The summed E-state index contributed by atoms with van der Waals surface area (Å²) in [5.74, 6) is 0.302. The lowest BCUT2D eigenvalue weighted by Crippen LogP contribution is -2.23. The van der Waals surface area contributed by atoms with Gasteiger partial charge < -0.3 is 10.1 Å². The highest BCUT2D eigenvalue weighted by Gasteiger charge is 2.10. The SMILES string of the molecule is CC(C)CC(C)OCC(=O)Nc1ccccc1C#N. The van der Waals surface area contributed by atoms with Gasteiger partial charge in [0.1, 0.15) is 12.7 Å². The number of hydrogen-bond acceptors (Lipinski definition) is 3. The highest BCUT2D eigenvalue weighted by atomic mass is 16.5. The molecular weight excluding hydrogens is 240 g/mol. The van der Waals surface area contributed by atoms with Gasteiger partial charge in [0.25, 0.3) is 0 Å². The van der Waals surface area contributed by atoms with Gasteiger partial charge in [-0.05, 0) is 31.4 Å². The van der Waals surface area contributed by atoms with Gasteiger partial charge in [0, 0.05) is 0 Å². The Labute approximate surface area is 114 Å². The summed E-state index contributed by atoms with van der Waals surface area (Å²) >= 11 is 0. The number of benzene rings is 1. The molecule has 0 saturated heterocycles. The molecule has 4 nitrogen and oxygen atoms in total. The van der Waals surface area contributed by atoms with Crippen molar-refractivity contribution in [1.82, 2.24) is 0 Å². The first-order valence-corrected chi connectivity index (χ1v) is 6.43. The minimum Gasteiger partial charge on any atom is -0.369 e. The second-order valence-corrected chi connectivity index (χ2v) is 4.96. The summed E-state index contributed by atoms with van der Waals surface area (Å²) in [4.78, 5) is 11.7. The van der Waals surface area contributed by atoms with Crippen molar-refractivity contribution in [2.75, 3.05) is 11.9 Å². The molecule has 0 aliphatic carbocycles. The van der Waals surface area contributed by atoms with Gasteiger partial charge in [-0.3, -0.25) is 4.79 Å². The van der Waals surface area contributed by atoms with Crippen LogP contribution < -0.4 is 5.32 Å². The zero-order valence-electron chi connectivity index (χ0n) is 11.6. The summed E-state index contributed by atoms with van der Waals surface area (Å²) in [6.07, 6.45) is 0.971. The smallest absolute Gasteiger partial charge is 0.250 e. The van der Waals surface area contributed by atoms with Crippen LogP contribution in [0.5, 0.6) is 0 Å². The summed E-state index contributed by atoms with van der Waals surface area (Å²) < 4.78 is 5.47. The molecule has 0 aliphatic rings. The Kier molecular flexibility index (Phi) is 6.04. The summed E-state index contributed by atoms with van der Waals surface area (Å²) in [6, 6.07) is 8.94. The maximum atomic E-state index is 11.7. The second kappa shape index (κ2) is 7.55. The number of carbonyl (C=O) groups excluding carboxylic acids is 1. The van der Waals surface area contributed by atoms with Crippen LogP contribution in [0.15, 0.2) is 24.3 Å². The molecule has 0 saturated carbocycles. The maximum Gasteiger partial charge on any atom is 0.250 e. The molecule has 1 atom stereocenters. The van der Waals surface area contributed by atoms with Crippen LogP contribution in [0.2, 0.25) is 0 Å². The number of nitrogens with one attached hydrogen (secondary N) is 1. The molecule has 0 heterocycles.